The third kappa shape index (κ3) is 4.35. The van der Waals surface area contributed by atoms with Crippen molar-refractivity contribution in [2.24, 2.45) is 14.1 Å². The zero-order chi connectivity index (χ0) is 25.2. The maximum absolute atomic E-state index is 5.78. The molecule has 35 heavy (non-hydrogen) atoms. The number of H-pyrrole nitrogens is 2. The normalized spacial score (nSPS) is 14.3. The molecule has 0 radical (unpaired) electrons. The number of fused-ring (bicyclic) bond motifs is 8. The fourth-order valence-corrected chi connectivity index (χ4v) is 8.85. The fourth-order valence-electron chi connectivity index (χ4n) is 4.69. The molecule has 0 atom stereocenters. The molecule has 0 spiro atoms. The third-order valence-electron chi connectivity index (χ3n) is 6.50. The Balaban J connectivity index is 2.05. The smallest absolute Gasteiger partial charge is 0.0725 e. The van der Waals surface area contributed by atoms with Crippen molar-refractivity contribution >= 4 is 91.6 Å². The Hall–Kier alpha value is -1.47. The van der Waals surface area contributed by atoms with Crippen molar-refractivity contribution in [3.63, 3.8) is 0 Å². The van der Waals surface area contributed by atoms with E-state index in [2.05, 4.69) is 76.5 Å². The number of rotatable bonds is 2. The number of thiol groups is 1. The van der Waals surface area contributed by atoms with E-state index in [1.807, 2.05) is 19.2 Å². The lowest BCUT2D eigenvalue weighted by atomic mass is 10.1. The van der Waals surface area contributed by atoms with Crippen molar-refractivity contribution in [2.45, 2.75) is 13.8 Å². The highest BCUT2D eigenvalue weighted by atomic mass is 33.5. The highest BCUT2D eigenvalue weighted by Crippen LogP contribution is 2.26. The Bertz CT molecular complexity index is 1950. The number of hydrogen-bond donors (Lipinski definition) is 3. The van der Waals surface area contributed by atoms with Gasteiger partial charge in [0.15, 0.2) is 0 Å². The van der Waals surface area contributed by atoms with Gasteiger partial charge in [-0.05, 0) is 102 Å². The summed E-state index contributed by atoms with van der Waals surface area (Å²) in [5.41, 5.74) is 6.32. The summed E-state index contributed by atoms with van der Waals surface area (Å²) in [5, 5.41) is 3.99. The summed E-state index contributed by atoms with van der Waals surface area (Å²) in [5.74, 6) is 0. The molecule has 0 unspecified atom stereocenters. The van der Waals surface area contributed by atoms with Crippen LogP contribution in [0, 0.1) is 0 Å². The van der Waals surface area contributed by atoms with E-state index in [1.165, 1.54) is 5.57 Å². The van der Waals surface area contributed by atoms with Crippen molar-refractivity contribution in [2.75, 3.05) is 0 Å². The number of nitrogens with one attached hydrogen (secondary N) is 2. The van der Waals surface area contributed by atoms with Gasteiger partial charge in [-0.1, -0.05) is 16.6 Å². The molecular weight excluding hydrogens is 569 g/mol. The number of nitrogens with zero attached hydrogens (tertiary/aromatic N) is 2. The van der Waals surface area contributed by atoms with Crippen LogP contribution in [0.4, 0.5) is 0 Å². The lowest BCUT2D eigenvalue weighted by Gasteiger charge is -2.11. The highest BCUT2D eigenvalue weighted by Gasteiger charge is 2.17. The van der Waals surface area contributed by atoms with Gasteiger partial charge in [-0.2, -0.15) is 0 Å². The summed E-state index contributed by atoms with van der Waals surface area (Å²) in [6.45, 7) is 4.28. The van der Waals surface area contributed by atoms with Crippen molar-refractivity contribution in [3.8, 4) is 0 Å². The third-order valence-corrected chi connectivity index (χ3v) is 10.8. The Morgan fingerprint density at radius 3 is 2.14 bits per heavy atom. The average Bonchev–Trinajstić information content (AvgIpc) is 3.55. The summed E-state index contributed by atoms with van der Waals surface area (Å²) >= 11 is 27.5. The van der Waals surface area contributed by atoms with Crippen molar-refractivity contribution < 1.29 is 0 Å². The number of hydrogen-bond acceptors (Lipinski definition) is 5. The molecule has 0 saturated carbocycles. The van der Waals surface area contributed by atoms with Crippen LogP contribution < -0.4 is 21.4 Å². The number of aryl methyl sites for hydroxylation is 1. The van der Waals surface area contributed by atoms with Gasteiger partial charge in [-0.15, -0.1) is 0 Å². The first-order valence-corrected chi connectivity index (χ1v) is 18.3. The van der Waals surface area contributed by atoms with Crippen LogP contribution in [0.15, 0.2) is 48.7 Å². The summed E-state index contributed by atoms with van der Waals surface area (Å²) < 4.78 is 4.31. The van der Waals surface area contributed by atoms with Crippen LogP contribution in [0.3, 0.4) is 0 Å². The Labute approximate surface area is 229 Å². The predicted octanol–water partition coefficient (Wildman–Crippen LogP) is 1.55. The molecule has 5 heterocycles. The molecule has 182 valence electrons. The summed E-state index contributed by atoms with van der Waals surface area (Å²) in [6, 6.07) is 14.6. The van der Waals surface area contributed by atoms with Crippen molar-refractivity contribution in [3.05, 3.63) is 92.7 Å². The topological polar surface area (TPSA) is 41.4 Å². The minimum Gasteiger partial charge on any atom is -0.356 e. The largest absolute Gasteiger partial charge is 0.356 e. The van der Waals surface area contributed by atoms with Crippen molar-refractivity contribution in [1.82, 2.24) is 19.1 Å². The van der Waals surface area contributed by atoms with E-state index in [9.17, 15) is 0 Å². The zero-order valence-electron chi connectivity index (χ0n) is 19.4. The highest BCUT2D eigenvalue weighted by molar-refractivity contribution is 8.96. The Morgan fingerprint density at radius 2 is 1.49 bits per heavy atom. The lowest BCUT2D eigenvalue weighted by Crippen LogP contribution is -2.26. The Morgan fingerprint density at radius 1 is 0.857 bits per heavy atom. The quantitative estimate of drug-likeness (QED) is 0.188. The first-order valence-electron chi connectivity index (χ1n) is 10.7. The summed E-state index contributed by atoms with van der Waals surface area (Å²) in [6.07, 6.45) is -0.0953. The van der Waals surface area contributed by atoms with Crippen molar-refractivity contribution in [1.29, 1.82) is 0 Å². The molecule has 0 amide bonds. The SMILES string of the molecule is CC1=c2ccc(n2C)=C(C)c2ccc([nH]2)C([S-](=S)=S)=c2ccc([nH]2)=C(S(=S)(=S)S)c2cc1cn2C. The standard InChI is InChI=1S/C24H23N4S7/c1-13-15-11-22(27(3)12-15)24(35(31,32)33)19-8-7-18(26-19)23(34(29)30)17-6-5-16(25-17)14(2)21-10-9-20(13)28(21)4/h5-12,25-26H,1-4H3,(H,31,32,33)/q-1. The summed E-state index contributed by atoms with van der Waals surface area (Å²) in [4.78, 5) is 8.80. The van der Waals surface area contributed by atoms with Gasteiger partial charge in [0.25, 0.3) is 0 Å². The van der Waals surface area contributed by atoms with Gasteiger partial charge >= 0.3 is 0 Å². The molecule has 1 aliphatic rings. The monoisotopic (exact) mass is 591 g/mol. The number of aromatic amines is 2. The molecule has 5 rings (SSSR count). The minimum atomic E-state index is -2.22. The van der Waals surface area contributed by atoms with Gasteiger partial charge in [0.1, 0.15) is 0 Å². The second-order valence-corrected chi connectivity index (χ2v) is 20.2. The van der Waals surface area contributed by atoms with Gasteiger partial charge in [0.05, 0.1) is 15.9 Å². The molecule has 11 heteroatoms. The molecule has 2 N–H and O–H groups in total. The second kappa shape index (κ2) is 9.13. The van der Waals surface area contributed by atoms with E-state index in [4.69, 9.17) is 56.4 Å². The van der Waals surface area contributed by atoms with Crippen LogP contribution in [0.1, 0.15) is 36.5 Å². The van der Waals surface area contributed by atoms with Crippen LogP contribution in [-0.4, -0.2) is 19.1 Å². The van der Waals surface area contributed by atoms with E-state index in [0.29, 0.717) is 0 Å². The van der Waals surface area contributed by atoms with Gasteiger partial charge in [-0.25, -0.2) is 0 Å². The first kappa shape index (κ1) is 25.2. The maximum atomic E-state index is 5.78. The van der Waals surface area contributed by atoms with Crippen LogP contribution in [0.5, 0.6) is 0 Å². The van der Waals surface area contributed by atoms with Gasteiger partial charge in [0, 0.05) is 47.7 Å². The van der Waals surface area contributed by atoms with Gasteiger partial charge < -0.3 is 27.1 Å². The van der Waals surface area contributed by atoms with E-state index in [-0.39, 0.29) is 0 Å². The van der Waals surface area contributed by atoms with Crippen LogP contribution in [0.2, 0.25) is 0 Å². The minimum absolute atomic E-state index is 0.834. The molecule has 4 aromatic rings. The van der Waals surface area contributed by atoms with Crippen LogP contribution >= 0.6 is 11.7 Å². The summed E-state index contributed by atoms with van der Waals surface area (Å²) in [7, 11) is 3.28. The van der Waals surface area contributed by atoms with E-state index < -0.39 is 14.2 Å². The average molecular weight is 592 g/mol. The molecule has 0 aromatic carbocycles. The predicted molar refractivity (Wildman–Crippen MR) is 165 cm³/mol. The molecule has 0 saturated heterocycles. The van der Waals surface area contributed by atoms with E-state index in [1.54, 1.807) is 0 Å². The van der Waals surface area contributed by atoms with E-state index >= 15 is 0 Å². The zero-order valence-corrected chi connectivity index (χ0v) is 25.2. The molecule has 4 aromatic heterocycles. The fraction of sp³-hybridized carbons (Fsp3) is 0.167. The molecule has 8 bridgehead atoms. The van der Waals surface area contributed by atoms with Gasteiger partial charge in [0.2, 0.25) is 0 Å². The van der Waals surface area contributed by atoms with Crippen LogP contribution in [0.25, 0.3) is 21.0 Å². The maximum Gasteiger partial charge on any atom is 0.0725 e. The lowest BCUT2D eigenvalue weighted by molar-refractivity contribution is 0.850. The van der Waals surface area contributed by atoms with Crippen LogP contribution in [-0.2, 0) is 73.0 Å². The number of aromatic nitrogens is 4. The molecular formula is C24H23N4S7-. The Kier molecular flexibility index (Phi) is 6.57. The molecule has 0 fully saturated rings. The molecule has 1 aliphatic heterocycles. The first-order chi connectivity index (χ1) is 16.5. The second-order valence-electron chi connectivity index (χ2n) is 8.58. The van der Waals surface area contributed by atoms with Gasteiger partial charge in [-0.3, -0.25) is 22.4 Å². The van der Waals surface area contributed by atoms with E-state index in [0.717, 1.165) is 59.4 Å². The molecule has 4 nitrogen and oxygen atoms in total. The molecule has 0 aliphatic carbocycles.